The van der Waals surface area contributed by atoms with Crippen LogP contribution in [0.3, 0.4) is 0 Å². The zero-order valence-electron chi connectivity index (χ0n) is 10.2. The van der Waals surface area contributed by atoms with Crippen molar-refractivity contribution < 1.29 is 4.74 Å². The molecule has 0 heterocycles. The van der Waals surface area contributed by atoms with E-state index in [2.05, 4.69) is 19.2 Å². The molecule has 0 aromatic heterocycles. The molecule has 2 aliphatic carbocycles. The van der Waals surface area contributed by atoms with Gasteiger partial charge in [0.2, 0.25) is 0 Å². The van der Waals surface area contributed by atoms with Crippen molar-refractivity contribution in [2.75, 3.05) is 19.8 Å². The van der Waals surface area contributed by atoms with Gasteiger partial charge in [-0.1, -0.05) is 13.8 Å². The molecule has 2 nitrogen and oxygen atoms in total. The van der Waals surface area contributed by atoms with Gasteiger partial charge >= 0.3 is 0 Å². The lowest BCUT2D eigenvalue weighted by Gasteiger charge is -2.28. The SMILES string of the molecule is CCC(C)(CNC1CC1)COCC1CC1. The molecule has 2 heteroatoms. The lowest BCUT2D eigenvalue weighted by Crippen LogP contribution is -2.36. The van der Waals surface area contributed by atoms with Gasteiger partial charge in [0.05, 0.1) is 6.61 Å². The predicted octanol–water partition coefficient (Wildman–Crippen LogP) is 2.58. The smallest absolute Gasteiger partial charge is 0.0531 e. The van der Waals surface area contributed by atoms with Gasteiger partial charge in [-0.2, -0.15) is 0 Å². The molecule has 1 unspecified atom stereocenters. The first-order valence-corrected chi connectivity index (χ1v) is 6.53. The molecule has 1 N–H and O–H groups in total. The highest BCUT2D eigenvalue weighted by Crippen LogP contribution is 2.30. The monoisotopic (exact) mass is 211 g/mol. The third-order valence-corrected chi connectivity index (χ3v) is 3.75. The molecule has 0 spiro atoms. The van der Waals surface area contributed by atoms with Crippen LogP contribution in [0.2, 0.25) is 0 Å². The van der Waals surface area contributed by atoms with Gasteiger partial charge in [0.15, 0.2) is 0 Å². The summed E-state index contributed by atoms with van der Waals surface area (Å²) < 4.78 is 5.83. The molecule has 0 saturated heterocycles. The van der Waals surface area contributed by atoms with Crippen molar-refractivity contribution in [2.45, 2.75) is 52.0 Å². The van der Waals surface area contributed by atoms with E-state index in [-0.39, 0.29) is 0 Å². The van der Waals surface area contributed by atoms with Crippen molar-refractivity contribution in [1.29, 1.82) is 0 Å². The van der Waals surface area contributed by atoms with Crippen molar-refractivity contribution in [3.8, 4) is 0 Å². The molecule has 0 aromatic rings. The molecular formula is C13H25NO. The van der Waals surface area contributed by atoms with E-state index in [4.69, 9.17) is 4.74 Å². The van der Waals surface area contributed by atoms with Gasteiger partial charge < -0.3 is 10.1 Å². The first kappa shape index (κ1) is 11.4. The number of nitrogens with one attached hydrogen (secondary N) is 1. The molecule has 0 radical (unpaired) electrons. The lowest BCUT2D eigenvalue weighted by molar-refractivity contribution is 0.0443. The molecule has 2 aliphatic rings. The Balaban J connectivity index is 1.62. The summed E-state index contributed by atoms with van der Waals surface area (Å²) in [4.78, 5) is 0. The molecule has 88 valence electrons. The molecule has 2 fully saturated rings. The maximum absolute atomic E-state index is 5.83. The highest BCUT2D eigenvalue weighted by atomic mass is 16.5. The third kappa shape index (κ3) is 4.12. The van der Waals surface area contributed by atoms with Crippen molar-refractivity contribution in [1.82, 2.24) is 5.32 Å². The molecule has 15 heavy (non-hydrogen) atoms. The second kappa shape index (κ2) is 4.84. The Morgan fingerprint density at radius 2 is 2.00 bits per heavy atom. The molecular weight excluding hydrogens is 186 g/mol. The highest BCUT2D eigenvalue weighted by Gasteiger charge is 2.28. The minimum absolute atomic E-state index is 0.345. The molecule has 2 saturated carbocycles. The van der Waals surface area contributed by atoms with Crippen LogP contribution in [-0.4, -0.2) is 25.8 Å². The first-order valence-electron chi connectivity index (χ1n) is 6.53. The van der Waals surface area contributed by atoms with Crippen LogP contribution in [0.5, 0.6) is 0 Å². The first-order chi connectivity index (χ1) is 7.22. The van der Waals surface area contributed by atoms with E-state index in [0.717, 1.165) is 31.7 Å². The fourth-order valence-electron chi connectivity index (χ4n) is 1.71. The quantitative estimate of drug-likeness (QED) is 0.666. The minimum atomic E-state index is 0.345. The van der Waals surface area contributed by atoms with Crippen LogP contribution in [0.4, 0.5) is 0 Å². The Morgan fingerprint density at radius 3 is 2.53 bits per heavy atom. The van der Waals surface area contributed by atoms with E-state index in [1.54, 1.807) is 0 Å². The lowest BCUT2D eigenvalue weighted by atomic mass is 9.88. The second-order valence-electron chi connectivity index (χ2n) is 5.78. The minimum Gasteiger partial charge on any atom is -0.381 e. The van der Waals surface area contributed by atoms with Crippen LogP contribution in [0, 0.1) is 11.3 Å². The Labute approximate surface area is 93.8 Å². The summed E-state index contributed by atoms with van der Waals surface area (Å²) in [7, 11) is 0. The number of hydrogen-bond acceptors (Lipinski definition) is 2. The summed E-state index contributed by atoms with van der Waals surface area (Å²) >= 11 is 0. The van der Waals surface area contributed by atoms with Crippen molar-refractivity contribution >= 4 is 0 Å². The molecule has 0 bridgehead atoms. The Hall–Kier alpha value is -0.0800. The summed E-state index contributed by atoms with van der Waals surface area (Å²) in [5.74, 6) is 0.891. The second-order valence-corrected chi connectivity index (χ2v) is 5.78. The van der Waals surface area contributed by atoms with E-state index in [9.17, 15) is 0 Å². The van der Waals surface area contributed by atoms with Gasteiger partial charge in [-0.3, -0.25) is 0 Å². The van der Waals surface area contributed by atoms with Crippen molar-refractivity contribution in [3.05, 3.63) is 0 Å². The highest BCUT2D eigenvalue weighted by molar-refractivity contribution is 4.85. The van der Waals surface area contributed by atoms with E-state index in [0.29, 0.717) is 5.41 Å². The molecule has 0 amide bonds. The standard InChI is InChI=1S/C13H25NO/c1-3-13(2,9-14-12-6-7-12)10-15-8-11-4-5-11/h11-12,14H,3-10H2,1-2H3. The van der Waals surface area contributed by atoms with Crippen LogP contribution in [0.15, 0.2) is 0 Å². The summed E-state index contributed by atoms with van der Waals surface area (Å²) in [6.07, 6.45) is 6.75. The normalized spacial score (nSPS) is 25.2. The van der Waals surface area contributed by atoms with Gasteiger partial charge in [-0.25, -0.2) is 0 Å². The van der Waals surface area contributed by atoms with Crippen LogP contribution in [0.25, 0.3) is 0 Å². The maximum atomic E-state index is 5.83. The number of hydrogen-bond donors (Lipinski definition) is 1. The Morgan fingerprint density at radius 1 is 1.27 bits per heavy atom. The molecule has 1 atom stereocenters. The van der Waals surface area contributed by atoms with Crippen LogP contribution >= 0.6 is 0 Å². The molecule has 0 aromatic carbocycles. The van der Waals surface area contributed by atoms with E-state index in [1.165, 1.54) is 32.1 Å². The van der Waals surface area contributed by atoms with E-state index < -0.39 is 0 Å². The summed E-state index contributed by atoms with van der Waals surface area (Å²) in [6, 6.07) is 0.819. The van der Waals surface area contributed by atoms with E-state index >= 15 is 0 Å². The summed E-state index contributed by atoms with van der Waals surface area (Å²) in [5.41, 5.74) is 0.345. The zero-order valence-corrected chi connectivity index (χ0v) is 10.2. The van der Waals surface area contributed by atoms with Crippen molar-refractivity contribution in [2.24, 2.45) is 11.3 Å². The van der Waals surface area contributed by atoms with Gasteiger partial charge in [0.1, 0.15) is 0 Å². The molecule has 0 aliphatic heterocycles. The fraction of sp³-hybridized carbons (Fsp3) is 1.00. The fourth-order valence-corrected chi connectivity index (χ4v) is 1.71. The van der Waals surface area contributed by atoms with Gasteiger partial charge in [-0.15, -0.1) is 0 Å². The summed E-state index contributed by atoms with van der Waals surface area (Å²) in [5, 5.41) is 3.62. The van der Waals surface area contributed by atoms with Gasteiger partial charge in [0, 0.05) is 24.6 Å². The molecule has 2 rings (SSSR count). The number of ether oxygens (including phenoxy) is 1. The zero-order chi connectivity index (χ0) is 10.7. The van der Waals surface area contributed by atoms with Crippen molar-refractivity contribution in [3.63, 3.8) is 0 Å². The van der Waals surface area contributed by atoms with Crippen LogP contribution in [0.1, 0.15) is 46.0 Å². The van der Waals surface area contributed by atoms with Crippen LogP contribution in [-0.2, 0) is 4.74 Å². The summed E-state index contributed by atoms with van der Waals surface area (Å²) in [6.45, 7) is 7.67. The number of rotatable bonds is 8. The Kier molecular flexibility index (Phi) is 3.68. The topological polar surface area (TPSA) is 21.3 Å². The average molecular weight is 211 g/mol. The largest absolute Gasteiger partial charge is 0.381 e. The average Bonchev–Trinajstić information content (AvgIpc) is 3.08. The van der Waals surface area contributed by atoms with Gasteiger partial charge in [0.25, 0.3) is 0 Å². The third-order valence-electron chi connectivity index (χ3n) is 3.75. The maximum Gasteiger partial charge on any atom is 0.0531 e. The predicted molar refractivity (Wildman–Crippen MR) is 63.0 cm³/mol. The Bertz CT molecular complexity index is 199. The van der Waals surface area contributed by atoms with Gasteiger partial charge in [-0.05, 0) is 38.0 Å². The van der Waals surface area contributed by atoms with Crippen LogP contribution < -0.4 is 5.32 Å². The van der Waals surface area contributed by atoms with E-state index in [1.807, 2.05) is 0 Å².